The maximum Gasteiger partial charge on any atom is 0.291 e. The predicted octanol–water partition coefficient (Wildman–Crippen LogP) is 4.27. The average molecular weight is 526 g/mol. The van der Waals surface area contributed by atoms with Gasteiger partial charge in [-0.1, -0.05) is 31.5 Å². The molecule has 1 saturated heterocycles. The Hall–Kier alpha value is -3.33. The summed E-state index contributed by atoms with van der Waals surface area (Å²) in [5.74, 6) is 0.863. The van der Waals surface area contributed by atoms with E-state index >= 15 is 0 Å². The molecule has 196 valence electrons. The first kappa shape index (κ1) is 25.3. The zero-order valence-corrected chi connectivity index (χ0v) is 22.3. The van der Waals surface area contributed by atoms with Gasteiger partial charge < -0.3 is 18.8 Å². The Bertz CT molecular complexity index is 1540. The van der Waals surface area contributed by atoms with Crippen LogP contribution in [0, 0.1) is 12.8 Å². The van der Waals surface area contributed by atoms with E-state index in [1.807, 2.05) is 13.0 Å². The summed E-state index contributed by atoms with van der Waals surface area (Å²) in [5, 5.41) is 0.387. The second-order valence-corrected chi connectivity index (χ2v) is 12.5. The number of aryl methyl sites for hydroxylation is 1. The van der Waals surface area contributed by atoms with Gasteiger partial charge in [-0.2, -0.15) is 0 Å². The topological polar surface area (TPSA) is 103 Å². The Balaban J connectivity index is 1.65. The van der Waals surface area contributed by atoms with E-state index in [1.54, 1.807) is 30.3 Å². The largest absolute Gasteiger partial charge is 0.493 e. The molecule has 2 atom stereocenters. The molecule has 0 radical (unpaired) electrons. The molecule has 0 aliphatic carbocycles. The third-order valence-corrected chi connectivity index (χ3v) is 8.87. The van der Waals surface area contributed by atoms with Crippen LogP contribution in [0.25, 0.3) is 11.0 Å². The molecule has 8 nitrogen and oxygen atoms in total. The van der Waals surface area contributed by atoms with Crippen molar-refractivity contribution < 1.29 is 27.1 Å². The maximum absolute atomic E-state index is 13.8. The SMILES string of the molecule is COc1cc(C2c3c(oc4ccc(C)cc4c3=O)C(=O)N2C2CCS(=O)(=O)C2)ccc1OCCC(C)C. The summed E-state index contributed by atoms with van der Waals surface area (Å²) in [4.78, 5) is 29.0. The standard InChI is InChI=1S/C28H31NO7S/c1-16(2)9-11-35-22-8-6-18(14-23(22)34-4)25-24-26(30)20-13-17(3)5-7-21(20)36-27(24)28(31)29(25)19-10-12-37(32,33)15-19/h5-8,13-14,16,19,25H,9-12,15H2,1-4H3. The van der Waals surface area contributed by atoms with Gasteiger partial charge in [0.25, 0.3) is 5.91 Å². The number of rotatable bonds is 7. The second-order valence-electron chi connectivity index (χ2n) is 10.3. The fourth-order valence-corrected chi connectivity index (χ4v) is 6.89. The van der Waals surface area contributed by atoms with E-state index < -0.39 is 27.8 Å². The molecule has 3 aromatic rings. The Morgan fingerprint density at radius 2 is 1.89 bits per heavy atom. The monoisotopic (exact) mass is 525 g/mol. The molecule has 2 aromatic carbocycles. The van der Waals surface area contributed by atoms with Crippen molar-refractivity contribution in [3.05, 3.63) is 69.1 Å². The van der Waals surface area contributed by atoms with Crippen LogP contribution in [0.4, 0.5) is 0 Å². The number of amides is 1. The number of carbonyl (C=O) groups excluding carboxylic acids is 1. The molecule has 2 unspecified atom stereocenters. The highest BCUT2D eigenvalue weighted by atomic mass is 32.2. The summed E-state index contributed by atoms with van der Waals surface area (Å²) in [6.45, 7) is 6.64. The quantitative estimate of drug-likeness (QED) is 0.454. The number of carbonyl (C=O) groups is 1. The molecule has 1 aromatic heterocycles. The van der Waals surface area contributed by atoms with Crippen LogP contribution in [0.15, 0.2) is 45.6 Å². The summed E-state index contributed by atoms with van der Waals surface area (Å²) < 4.78 is 42.2. The van der Waals surface area contributed by atoms with Gasteiger partial charge in [0.2, 0.25) is 5.76 Å². The minimum absolute atomic E-state index is 0.000985. The first-order chi connectivity index (χ1) is 17.6. The van der Waals surface area contributed by atoms with Crippen LogP contribution >= 0.6 is 0 Å². The predicted molar refractivity (Wildman–Crippen MR) is 140 cm³/mol. The lowest BCUT2D eigenvalue weighted by Gasteiger charge is -2.30. The average Bonchev–Trinajstić information content (AvgIpc) is 3.35. The zero-order valence-electron chi connectivity index (χ0n) is 21.4. The number of ether oxygens (including phenoxy) is 2. The van der Waals surface area contributed by atoms with Crippen molar-refractivity contribution in [3.8, 4) is 11.5 Å². The van der Waals surface area contributed by atoms with Crippen LogP contribution in [0.2, 0.25) is 0 Å². The molecule has 1 amide bonds. The van der Waals surface area contributed by atoms with Crippen LogP contribution in [0.3, 0.4) is 0 Å². The third-order valence-electron chi connectivity index (χ3n) is 7.12. The number of sulfone groups is 1. The Morgan fingerprint density at radius 3 is 2.57 bits per heavy atom. The summed E-state index contributed by atoms with van der Waals surface area (Å²) in [7, 11) is -1.75. The summed E-state index contributed by atoms with van der Waals surface area (Å²) >= 11 is 0. The van der Waals surface area contributed by atoms with Crippen molar-refractivity contribution in [2.45, 2.75) is 45.7 Å². The minimum Gasteiger partial charge on any atom is -0.493 e. The first-order valence-corrected chi connectivity index (χ1v) is 14.3. The van der Waals surface area contributed by atoms with Gasteiger partial charge in [0.15, 0.2) is 26.8 Å². The smallest absolute Gasteiger partial charge is 0.291 e. The third kappa shape index (κ3) is 4.61. The van der Waals surface area contributed by atoms with Crippen LogP contribution in [0.1, 0.15) is 60.0 Å². The van der Waals surface area contributed by atoms with Crippen molar-refractivity contribution in [1.29, 1.82) is 0 Å². The number of benzene rings is 2. The number of fused-ring (bicyclic) bond motifs is 2. The summed E-state index contributed by atoms with van der Waals surface area (Å²) in [6.07, 6.45) is 1.19. The molecule has 0 spiro atoms. The van der Waals surface area contributed by atoms with E-state index in [4.69, 9.17) is 13.9 Å². The van der Waals surface area contributed by atoms with Crippen LogP contribution < -0.4 is 14.9 Å². The number of hydrogen-bond donors (Lipinski definition) is 0. The van der Waals surface area contributed by atoms with Crippen LogP contribution in [-0.4, -0.2) is 50.5 Å². The van der Waals surface area contributed by atoms with E-state index in [0.29, 0.717) is 47.0 Å². The summed E-state index contributed by atoms with van der Waals surface area (Å²) in [5.41, 5.74) is 1.78. The lowest BCUT2D eigenvalue weighted by Crippen LogP contribution is -2.40. The van der Waals surface area contributed by atoms with Crippen LogP contribution in [0.5, 0.6) is 11.5 Å². The van der Waals surface area contributed by atoms with Gasteiger partial charge in [-0.15, -0.1) is 0 Å². The van der Waals surface area contributed by atoms with Crippen LogP contribution in [-0.2, 0) is 9.84 Å². The number of methoxy groups -OCH3 is 1. The molecule has 9 heteroatoms. The van der Waals surface area contributed by atoms with E-state index in [0.717, 1.165) is 12.0 Å². The summed E-state index contributed by atoms with van der Waals surface area (Å²) in [6, 6.07) is 9.21. The van der Waals surface area contributed by atoms with Gasteiger partial charge in [0.1, 0.15) is 5.58 Å². The molecule has 3 heterocycles. The number of nitrogens with zero attached hydrogens (tertiary/aromatic N) is 1. The zero-order chi connectivity index (χ0) is 26.5. The minimum atomic E-state index is -3.29. The van der Waals surface area contributed by atoms with E-state index in [1.165, 1.54) is 12.0 Å². The number of hydrogen-bond acceptors (Lipinski definition) is 7. The maximum atomic E-state index is 13.8. The molecule has 0 bridgehead atoms. The highest BCUT2D eigenvalue weighted by molar-refractivity contribution is 7.91. The van der Waals surface area contributed by atoms with Gasteiger partial charge >= 0.3 is 0 Å². The Labute approximate surface area is 216 Å². The molecule has 2 aliphatic rings. The fraction of sp³-hybridized carbons (Fsp3) is 0.429. The van der Waals surface area contributed by atoms with E-state index in [2.05, 4.69) is 13.8 Å². The van der Waals surface area contributed by atoms with Crippen molar-refractivity contribution in [3.63, 3.8) is 0 Å². The highest BCUT2D eigenvalue weighted by Crippen LogP contribution is 2.43. The normalized spacial score (nSPS) is 20.6. The van der Waals surface area contributed by atoms with Crippen molar-refractivity contribution in [2.24, 2.45) is 5.92 Å². The lowest BCUT2D eigenvalue weighted by atomic mass is 9.97. The van der Waals surface area contributed by atoms with Crippen molar-refractivity contribution in [1.82, 2.24) is 4.90 Å². The van der Waals surface area contributed by atoms with Gasteiger partial charge in [-0.25, -0.2) is 8.42 Å². The van der Waals surface area contributed by atoms with Gasteiger partial charge in [0.05, 0.1) is 42.2 Å². The molecule has 5 rings (SSSR count). The van der Waals surface area contributed by atoms with Crippen molar-refractivity contribution >= 4 is 26.7 Å². The van der Waals surface area contributed by atoms with Gasteiger partial charge in [-0.05, 0) is 55.5 Å². The molecular formula is C28H31NO7S. The fourth-order valence-electron chi connectivity index (χ4n) is 5.18. The molecule has 0 N–H and O–H groups in total. The molecule has 37 heavy (non-hydrogen) atoms. The molecular weight excluding hydrogens is 494 g/mol. The van der Waals surface area contributed by atoms with Gasteiger partial charge in [0, 0.05) is 6.04 Å². The van der Waals surface area contributed by atoms with E-state index in [-0.39, 0.29) is 28.3 Å². The Morgan fingerprint density at radius 1 is 1.11 bits per heavy atom. The lowest BCUT2D eigenvalue weighted by molar-refractivity contribution is 0.0662. The molecule has 0 saturated carbocycles. The molecule has 1 fully saturated rings. The Kier molecular flexibility index (Phi) is 6.52. The highest BCUT2D eigenvalue weighted by Gasteiger charge is 2.48. The van der Waals surface area contributed by atoms with Crippen molar-refractivity contribution in [2.75, 3.05) is 25.2 Å². The second kappa shape index (κ2) is 9.52. The first-order valence-electron chi connectivity index (χ1n) is 12.5. The van der Waals surface area contributed by atoms with Gasteiger partial charge in [-0.3, -0.25) is 9.59 Å². The van der Waals surface area contributed by atoms with E-state index in [9.17, 15) is 18.0 Å². The molecule has 2 aliphatic heterocycles.